The largest absolute Gasteiger partial charge is 1.00 e. The highest BCUT2D eigenvalue weighted by Crippen LogP contribution is 2.13. The number of ether oxygens (including phenoxy) is 1. The van der Waals surface area contributed by atoms with Crippen molar-refractivity contribution in [3.8, 4) is 5.75 Å². The number of methoxy groups -OCH3 is 1. The molecule has 0 unspecified atom stereocenters. The third-order valence-corrected chi connectivity index (χ3v) is 2.66. The zero-order chi connectivity index (χ0) is 12.1. The van der Waals surface area contributed by atoms with Crippen molar-refractivity contribution in [2.24, 2.45) is 7.05 Å². The molecule has 0 radical (unpaired) electrons. The Labute approximate surface area is 125 Å². The molecule has 0 saturated heterocycles. The van der Waals surface area contributed by atoms with Gasteiger partial charge < -0.3 is 28.7 Å². The number of rotatable bonds is 3. The Kier molecular flexibility index (Phi) is 5.85. The van der Waals surface area contributed by atoms with Gasteiger partial charge in [-0.15, -0.1) is 0 Å². The molecule has 1 heterocycles. The van der Waals surface area contributed by atoms with Crippen LogP contribution in [0.15, 0.2) is 48.7 Å². The van der Waals surface area contributed by atoms with Gasteiger partial charge in [-0.05, 0) is 29.8 Å². The second-order valence-corrected chi connectivity index (χ2v) is 3.84. The highest BCUT2D eigenvalue weighted by atomic mass is 127. The van der Waals surface area contributed by atoms with Gasteiger partial charge in [-0.25, -0.2) is 4.57 Å². The first-order valence-corrected chi connectivity index (χ1v) is 5.56. The lowest BCUT2D eigenvalue weighted by Crippen LogP contribution is -3.00. The molecule has 0 bridgehead atoms. The van der Waals surface area contributed by atoms with Gasteiger partial charge in [0.25, 0.3) is 0 Å². The van der Waals surface area contributed by atoms with Crippen molar-refractivity contribution < 1.29 is 33.3 Å². The van der Waals surface area contributed by atoms with Crippen molar-refractivity contribution in [1.29, 1.82) is 0 Å². The number of aromatic nitrogens is 1. The summed E-state index contributed by atoms with van der Waals surface area (Å²) in [5, 5.41) is 0. The molecule has 0 spiro atoms. The third-order valence-electron chi connectivity index (χ3n) is 2.66. The van der Waals surface area contributed by atoms with Crippen LogP contribution in [0.3, 0.4) is 0 Å². The first kappa shape index (κ1) is 14.7. The fourth-order valence-electron chi connectivity index (χ4n) is 1.61. The van der Waals surface area contributed by atoms with Gasteiger partial charge >= 0.3 is 0 Å². The van der Waals surface area contributed by atoms with Crippen molar-refractivity contribution in [2.75, 3.05) is 7.11 Å². The average Bonchev–Trinajstić information content (AvgIpc) is 2.38. The second-order valence-electron chi connectivity index (χ2n) is 3.84. The molecule has 0 amide bonds. The summed E-state index contributed by atoms with van der Waals surface area (Å²) < 4.78 is 7.21. The quantitative estimate of drug-likeness (QED) is 0.545. The number of hydrogen-bond acceptors (Lipinski definition) is 1. The van der Waals surface area contributed by atoms with E-state index in [2.05, 4.69) is 22.8 Å². The molecule has 0 N–H and O–H groups in total. The van der Waals surface area contributed by atoms with Crippen LogP contribution in [-0.4, -0.2) is 7.11 Å². The molecule has 2 rings (SSSR count). The number of aryl methyl sites for hydroxylation is 1. The molecule has 2 nitrogen and oxygen atoms in total. The van der Waals surface area contributed by atoms with Crippen LogP contribution in [0.25, 0.3) is 12.2 Å². The first-order chi connectivity index (χ1) is 8.29. The van der Waals surface area contributed by atoms with Crippen molar-refractivity contribution in [1.82, 2.24) is 0 Å². The lowest BCUT2D eigenvalue weighted by molar-refractivity contribution is -0.673. The van der Waals surface area contributed by atoms with Gasteiger partial charge in [-0.3, -0.25) is 0 Å². The molecule has 1 aromatic carbocycles. The number of nitrogens with zero attached hydrogens (tertiary/aromatic N) is 1. The van der Waals surface area contributed by atoms with Gasteiger partial charge in [0, 0.05) is 18.2 Å². The molecule has 0 aliphatic carbocycles. The van der Waals surface area contributed by atoms with Crippen LogP contribution in [0.4, 0.5) is 0 Å². The lowest BCUT2D eigenvalue weighted by Gasteiger charge is -1.98. The zero-order valence-electron chi connectivity index (χ0n) is 10.5. The van der Waals surface area contributed by atoms with E-state index in [4.69, 9.17) is 4.74 Å². The van der Waals surface area contributed by atoms with Crippen molar-refractivity contribution in [2.45, 2.75) is 0 Å². The number of halogens is 1. The molecule has 18 heavy (non-hydrogen) atoms. The van der Waals surface area contributed by atoms with Crippen molar-refractivity contribution >= 4 is 12.2 Å². The Balaban J connectivity index is 0.00000162. The maximum Gasteiger partial charge on any atom is 0.204 e. The SMILES string of the molecule is COc1ccc(/C=C/c2cccc[n+]2C)cc1.[I-]. The summed E-state index contributed by atoms with van der Waals surface area (Å²) in [7, 11) is 3.71. The highest BCUT2D eigenvalue weighted by Gasteiger charge is 1.98. The molecular weight excluding hydrogens is 337 g/mol. The fourth-order valence-corrected chi connectivity index (χ4v) is 1.61. The van der Waals surface area contributed by atoms with Gasteiger partial charge in [0.2, 0.25) is 5.69 Å². The standard InChI is InChI=1S/C15H16NO.HI/c1-16-12-4-3-5-14(16)9-6-13-7-10-15(17-2)11-8-13;/h3-12H,1-2H3;1H/q+1;/p-1/b9-6+;. The normalized spacial score (nSPS) is 10.1. The van der Waals surface area contributed by atoms with Crippen molar-refractivity contribution in [3.63, 3.8) is 0 Å². The predicted octanol–water partition coefficient (Wildman–Crippen LogP) is -0.306. The molecular formula is C15H16INO. The van der Waals surface area contributed by atoms with E-state index in [9.17, 15) is 0 Å². The Morgan fingerprint density at radius 2 is 1.72 bits per heavy atom. The van der Waals surface area contributed by atoms with Crippen LogP contribution >= 0.6 is 0 Å². The molecule has 0 aliphatic heterocycles. The molecule has 1 aromatic heterocycles. The predicted molar refractivity (Wildman–Crippen MR) is 69.5 cm³/mol. The summed E-state index contributed by atoms with van der Waals surface area (Å²) in [5.41, 5.74) is 2.33. The fraction of sp³-hybridized carbons (Fsp3) is 0.133. The summed E-state index contributed by atoms with van der Waals surface area (Å²) in [5.74, 6) is 0.882. The monoisotopic (exact) mass is 353 g/mol. The number of benzene rings is 1. The summed E-state index contributed by atoms with van der Waals surface area (Å²) in [4.78, 5) is 0. The van der Waals surface area contributed by atoms with Crippen LogP contribution < -0.4 is 33.3 Å². The zero-order valence-corrected chi connectivity index (χ0v) is 12.7. The smallest absolute Gasteiger partial charge is 0.204 e. The summed E-state index contributed by atoms with van der Waals surface area (Å²) >= 11 is 0. The van der Waals surface area contributed by atoms with Gasteiger partial charge in [0.1, 0.15) is 12.8 Å². The van der Waals surface area contributed by atoms with Gasteiger partial charge in [-0.1, -0.05) is 12.1 Å². The van der Waals surface area contributed by atoms with E-state index in [1.54, 1.807) is 7.11 Å². The van der Waals surface area contributed by atoms with E-state index in [0.29, 0.717) is 0 Å². The van der Waals surface area contributed by atoms with E-state index in [1.165, 1.54) is 5.69 Å². The summed E-state index contributed by atoms with van der Waals surface area (Å²) in [6, 6.07) is 14.1. The Morgan fingerprint density at radius 3 is 2.33 bits per heavy atom. The number of pyridine rings is 1. The first-order valence-electron chi connectivity index (χ1n) is 5.56. The van der Waals surface area contributed by atoms with Crippen LogP contribution in [0, 0.1) is 0 Å². The summed E-state index contributed by atoms with van der Waals surface area (Å²) in [6.07, 6.45) is 6.23. The molecule has 0 saturated carbocycles. The van der Waals surface area contributed by atoms with Gasteiger partial charge in [-0.2, -0.15) is 0 Å². The van der Waals surface area contributed by atoms with E-state index in [-0.39, 0.29) is 24.0 Å². The molecule has 2 aromatic rings. The topological polar surface area (TPSA) is 13.1 Å². The minimum Gasteiger partial charge on any atom is -1.00 e. The lowest BCUT2D eigenvalue weighted by atomic mass is 10.2. The maximum atomic E-state index is 5.12. The van der Waals surface area contributed by atoms with Crippen LogP contribution in [-0.2, 0) is 7.05 Å². The Morgan fingerprint density at radius 1 is 1.00 bits per heavy atom. The van der Waals surface area contributed by atoms with E-state index in [1.807, 2.05) is 49.6 Å². The minimum absolute atomic E-state index is 0. The van der Waals surface area contributed by atoms with Gasteiger partial charge in [0.15, 0.2) is 6.20 Å². The van der Waals surface area contributed by atoms with E-state index >= 15 is 0 Å². The van der Waals surface area contributed by atoms with Crippen molar-refractivity contribution in [3.05, 3.63) is 59.9 Å². The molecule has 94 valence electrons. The average molecular weight is 353 g/mol. The summed E-state index contributed by atoms with van der Waals surface area (Å²) in [6.45, 7) is 0. The highest BCUT2D eigenvalue weighted by molar-refractivity contribution is 5.67. The Hall–Kier alpha value is -1.36. The third kappa shape index (κ3) is 3.84. The minimum atomic E-state index is 0. The Bertz CT molecular complexity index is 520. The van der Waals surface area contributed by atoms with E-state index in [0.717, 1.165) is 11.3 Å². The maximum absolute atomic E-state index is 5.12. The molecule has 3 heteroatoms. The molecule has 0 fully saturated rings. The van der Waals surface area contributed by atoms with Crippen LogP contribution in [0.5, 0.6) is 5.75 Å². The second kappa shape index (κ2) is 7.16. The van der Waals surface area contributed by atoms with E-state index < -0.39 is 0 Å². The molecule has 0 aliphatic rings. The van der Waals surface area contributed by atoms with Crippen LogP contribution in [0.1, 0.15) is 11.3 Å². The van der Waals surface area contributed by atoms with Gasteiger partial charge in [0.05, 0.1) is 7.11 Å². The van der Waals surface area contributed by atoms with Crippen LogP contribution in [0.2, 0.25) is 0 Å². The molecule has 0 atom stereocenters. The number of hydrogen-bond donors (Lipinski definition) is 0.